The zero-order valence-corrected chi connectivity index (χ0v) is 9.71. The fourth-order valence-corrected chi connectivity index (χ4v) is 2.22. The van der Waals surface area contributed by atoms with Gasteiger partial charge in [0, 0.05) is 45.6 Å². The van der Waals surface area contributed by atoms with E-state index in [2.05, 4.69) is 18.2 Å². The molecule has 3 nitrogen and oxygen atoms in total. The van der Waals surface area contributed by atoms with Crippen LogP contribution in [-0.2, 0) is 9.47 Å². The maximum atomic E-state index is 5.71. The van der Waals surface area contributed by atoms with E-state index in [-0.39, 0.29) is 11.6 Å². The molecule has 1 heterocycles. The van der Waals surface area contributed by atoms with Crippen LogP contribution in [0.3, 0.4) is 0 Å². The third kappa shape index (κ3) is 2.94. The lowest BCUT2D eigenvalue weighted by molar-refractivity contribution is -0.109. The standard InChI is InChI=1S/C12H21NO2/c1-4-6-11(13-5-2)12(14-3)7-9-15-10-8-12/h1,11,13H,5-10H2,2-3H3. The molecule has 0 bridgehead atoms. The predicted molar refractivity (Wildman–Crippen MR) is 60.7 cm³/mol. The van der Waals surface area contributed by atoms with Crippen molar-refractivity contribution in [3.05, 3.63) is 0 Å². The van der Waals surface area contributed by atoms with Gasteiger partial charge in [-0.25, -0.2) is 0 Å². The third-order valence-corrected chi connectivity index (χ3v) is 3.15. The Morgan fingerprint density at radius 1 is 1.53 bits per heavy atom. The zero-order chi connectivity index (χ0) is 11.1. The number of ether oxygens (including phenoxy) is 2. The Morgan fingerprint density at radius 2 is 2.20 bits per heavy atom. The highest BCUT2D eigenvalue weighted by molar-refractivity contribution is 5.01. The molecule has 0 spiro atoms. The minimum atomic E-state index is -0.138. The molecule has 1 fully saturated rings. The summed E-state index contributed by atoms with van der Waals surface area (Å²) in [5.74, 6) is 2.73. The van der Waals surface area contributed by atoms with Crippen molar-refractivity contribution in [2.75, 3.05) is 26.9 Å². The van der Waals surface area contributed by atoms with Crippen LogP contribution in [0.15, 0.2) is 0 Å². The van der Waals surface area contributed by atoms with Crippen LogP contribution in [0.1, 0.15) is 26.2 Å². The molecular weight excluding hydrogens is 190 g/mol. The second-order valence-electron chi connectivity index (χ2n) is 3.90. The topological polar surface area (TPSA) is 30.5 Å². The lowest BCUT2D eigenvalue weighted by Crippen LogP contribution is -2.54. The summed E-state index contributed by atoms with van der Waals surface area (Å²) in [6, 6.07) is 0.237. The van der Waals surface area contributed by atoms with Crippen molar-refractivity contribution >= 4 is 0 Å². The maximum Gasteiger partial charge on any atom is 0.0884 e. The molecule has 0 aliphatic carbocycles. The Labute approximate surface area is 92.5 Å². The highest BCUT2D eigenvalue weighted by Gasteiger charge is 2.39. The Balaban J connectivity index is 2.70. The Bertz CT molecular complexity index is 216. The Morgan fingerprint density at radius 3 is 2.67 bits per heavy atom. The van der Waals surface area contributed by atoms with Gasteiger partial charge in [0.2, 0.25) is 0 Å². The molecular formula is C12H21NO2. The molecule has 0 saturated carbocycles. The first-order valence-corrected chi connectivity index (χ1v) is 5.59. The van der Waals surface area contributed by atoms with Gasteiger partial charge in [-0.15, -0.1) is 12.3 Å². The normalized spacial score (nSPS) is 21.9. The molecule has 1 unspecified atom stereocenters. The summed E-state index contributed by atoms with van der Waals surface area (Å²) in [5, 5.41) is 3.42. The van der Waals surface area contributed by atoms with Gasteiger partial charge in [-0.1, -0.05) is 6.92 Å². The van der Waals surface area contributed by atoms with Crippen molar-refractivity contribution in [1.29, 1.82) is 0 Å². The molecule has 0 radical (unpaired) electrons. The van der Waals surface area contributed by atoms with E-state index in [1.54, 1.807) is 7.11 Å². The predicted octanol–water partition coefficient (Wildman–Crippen LogP) is 1.18. The summed E-state index contributed by atoms with van der Waals surface area (Å²) in [6.45, 7) is 4.53. The summed E-state index contributed by atoms with van der Waals surface area (Å²) in [5.41, 5.74) is -0.138. The first kappa shape index (κ1) is 12.5. The molecule has 1 atom stereocenters. The van der Waals surface area contributed by atoms with Gasteiger partial charge in [-0.2, -0.15) is 0 Å². The van der Waals surface area contributed by atoms with Gasteiger partial charge >= 0.3 is 0 Å². The molecule has 0 aromatic heterocycles. The average molecular weight is 211 g/mol. The van der Waals surface area contributed by atoms with Crippen molar-refractivity contribution in [2.45, 2.75) is 37.8 Å². The SMILES string of the molecule is C#CCC(NCC)C1(OC)CCOCC1. The van der Waals surface area contributed by atoms with Gasteiger partial charge in [0.05, 0.1) is 5.60 Å². The fourth-order valence-electron chi connectivity index (χ4n) is 2.22. The number of hydrogen-bond donors (Lipinski definition) is 1. The van der Waals surface area contributed by atoms with Gasteiger partial charge in [0.15, 0.2) is 0 Å². The summed E-state index contributed by atoms with van der Waals surface area (Å²) in [4.78, 5) is 0. The molecule has 0 aromatic carbocycles. The van der Waals surface area contributed by atoms with Crippen LogP contribution in [-0.4, -0.2) is 38.5 Å². The first-order valence-electron chi connectivity index (χ1n) is 5.59. The van der Waals surface area contributed by atoms with Gasteiger partial charge in [0.25, 0.3) is 0 Å². The van der Waals surface area contributed by atoms with Crippen molar-refractivity contribution in [3.8, 4) is 12.3 Å². The third-order valence-electron chi connectivity index (χ3n) is 3.15. The Hall–Kier alpha value is -0.560. The minimum Gasteiger partial charge on any atom is -0.381 e. The van der Waals surface area contributed by atoms with E-state index >= 15 is 0 Å². The van der Waals surface area contributed by atoms with E-state index in [0.717, 1.165) is 32.6 Å². The molecule has 1 rings (SSSR count). The molecule has 0 aromatic rings. The molecule has 1 N–H and O–H groups in total. The summed E-state index contributed by atoms with van der Waals surface area (Å²) in [6.07, 6.45) is 7.95. The molecule has 1 aliphatic heterocycles. The molecule has 15 heavy (non-hydrogen) atoms. The number of rotatable bonds is 5. The number of methoxy groups -OCH3 is 1. The monoisotopic (exact) mass is 211 g/mol. The lowest BCUT2D eigenvalue weighted by Gasteiger charge is -2.42. The maximum absolute atomic E-state index is 5.71. The van der Waals surface area contributed by atoms with Crippen LogP contribution in [0.2, 0.25) is 0 Å². The number of likely N-dealkylation sites (N-methyl/N-ethyl adjacent to an activating group) is 1. The number of terminal acetylenes is 1. The van der Waals surface area contributed by atoms with Crippen molar-refractivity contribution in [2.24, 2.45) is 0 Å². The van der Waals surface area contributed by atoms with Crippen LogP contribution in [0.5, 0.6) is 0 Å². The molecule has 0 amide bonds. The fraction of sp³-hybridized carbons (Fsp3) is 0.833. The smallest absolute Gasteiger partial charge is 0.0884 e. The zero-order valence-electron chi connectivity index (χ0n) is 9.71. The van der Waals surface area contributed by atoms with E-state index in [1.807, 2.05) is 0 Å². The van der Waals surface area contributed by atoms with Crippen LogP contribution in [0.25, 0.3) is 0 Å². The van der Waals surface area contributed by atoms with Crippen molar-refractivity contribution < 1.29 is 9.47 Å². The highest BCUT2D eigenvalue weighted by atomic mass is 16.5. The highest BCUT2D eigenvalue weighted by Crippen LogP contribution is 2.29. The van der Waals surface area contributed by atoms with Crippen LogP contribution in [0, 0.1) is 12.3 Å². The van der Waals surface area contributed by atoms with Crippen LogP contribution < -0.4 is 5.32 Å². The average Bonchev–Trinajstić information content (AvgIpc) is 2.30. The van der Waals surface area contributed by atoms with Crippen molar-refractivity contribution in [1.82, 2.24) is 5.32 Å². The van der Waals surface area contributed by atoms with Crippen LogP contribution in [0.4, 0.5) is 0 Å². The number of nitrogens with one attached hydrogen (secondary N) is 1. The summed E-state index contributed by atoms with van der Waals surface area (Å²) < 4.78 is 11.1. The molecule has 3 heteroatoms. The Kier molecular flexibility index (Phi) is 5.10. The van der Waals surface area contributed by atoms with Gasteiger partial charge in [-0.05, 0) is 6.54 Å². The first-order chi connectivity index (χ1) is 7.29. The quantitative estimate of drug-likeness (QED) is 0.693. The lowest BCUT2D eigenvalue weighted by atomic mass is 9.84. The largest absolute Gasteiger partial charge is 0.381 e. The van der Waals surface area contributed by atoms with Crippen LogP contribution >= 0.6 is 0 Å². The van der Waals surface area contributed by atoms with E-state index in [9.17, 15) is 0 Å². The summed E-state index contributed by atoms with van der Waals surface area (Å²) in [7, 11) is 1.77. The van der Waals surface area contributed by atoms with Gasteiger partial charge in [0.1, 0.15) is 0 Å². The second kappa shape index (κ2) is 6.12. The molecule has 86 valence electrons. The van der Waals surface area contributed by atoms with Gasteiger partial charge < -0.3 is 14.8 Å². The minimum absolute atomic E-state index is 0.138. The molecule has 1 aliphatic rings. The van der Waals surface area contributed by atoms with Crippen molar-refractivity contribution in [3.63, 3.8) is 0 Å². The van der Waals surface area contributed by atoms with E-state index in [0.29, 0.717) is 6.42 Å². The van der Waals surface area contributed by atoms with Gasteiger partial charge in [-0.3, -0.25) is 0 Å². The van der Waals surface area contributed by atoms with E-state index < -0.39 is 0 Å². The second-order valence-corrected chi connectivity index (χ2v) is 3.90. The van der Waals surface area contributed by atoms with E-state index in [1.165, 1.54) is 0 Å². The van der Waals surface area contributed by atoms with E-state index in [4.69, 9.17) is 15.9 Å². The number of hydrogen-bond acceptors (Lipinski definition) is 3. The molecule has 1 saturated heterocycles. The summed E-state index contributed by atoms with van der Waals surface area (Å²) >= 11 is 0.